The Morgan fingerprint density at radius 2 is 1.06 bits per heavy atom. The monoisotopic (exact) mass is 636 g/mol. The Balaban J connectivity index is 1.24. The first-order valence-corrected chi connectivity index (χ1v) is 17.3. The molecule has 0 bridgehead atoms. The lowest BCUT2D eigenvalue weighted by atomic mass is 9.69. The Labute approximate surface area is 294 Å². The third-order valence-electron chi connectivity index (χ3n) is 11.0. The average Bonchev–Trinajstić information content (AvgIpc) is 3.63. The molecule has 2 aliphatic rings. The molecule has 0 nitrogen and oxygen atoms in total. The van der Waals surface area contributed by atoms with Gasteiger partial charge in [0.1, 0.15) is 0 Å². The van der Waals surface area contributed by atoms with Crippen LogP contribution < -0.4 is 0 Å². The van der Waals surface area contributed by atoms with E-state index in [4.69, 9.17) is 0 Å². The Kier molecular flexibility index (Phi) is 6.83. The van der Waals surface area contributed by atoms with E-state index in [0.29, 0.717) is 0 Å². The van der Waals surface area contributed by atoms with Gasteiger partial charge >= 0.3 is 0 Å². The van der Waals surface area contributed by atoms with Crippen molar-refractivity contribution in [2.45, 2.75) is 12.3 Å². The third kappa shape index (κ3) is 4.00. The minimum Gasteiger partial charge on any atom is -0.0991 e. The fourth-order valence-electron chi connectivity index (χ4n) is 8.97. The highest BCUT2D eigenvalue weighted by Gasteiger charge is 2.53. The van der Waals surface area contributed by atoms with Crippen LogP contribution in [-0.4, -0.2) is 0 Å². The molecule has 0 heteroatoms. The van der Waals surface area contributed by atoms with Gasteiger partial charge in [-0.05, 0) is 124 Å². The van der Waals surface area contributed by atoms with Crippen molar-refractivity contribution in [1.82, 2.24) is 0 Å². The third-order valence-corrected chi connectivity index (χ3v) is 11.0. The van der Waals surface area contributed by atoms with Gasteiger partial charge in [-0.2, -0.15) is 0 Å². The van der Waals surface area contributed by atoms with Crippen molar-refractivity contribution in [2.24, 2.45) is 0 Å². The fourth-order valence-corrected chi connectivity index (χ4v) is 8.97. The summed E-state index contributed by atoms with van der Waals surface area (Å²) in [4.78, 5) is 0. The standard InChI is InChI=1S/C50H36/c1-5-16-47-37(7-3)43-23-13-14-24-48(43)50(47)46(8-4)36(6-2)44-28-26-35(31-49(44)50)33-18-15-17-32(29-33)34-25-27-42-40-21-10-9-19-38(40)39-20-11-12-22-41(39)45(42)30-34/h5-31H,1-2,4H2,3H3/b37-7-,47-16+. The van der Waals surface area contributed by atoms with Crippen LogP contribution in [0, 0.1) is 0 Å². The zero-order chi connectivity index (χ0) is 34.0. The molecule has 1 unspecified atom stereocenters. The second kappa shape index (κ2) is 11.4. The highest BCUT2D eigenvalue weighted by atomic mass is 14.5. The van der Waals surface area contributed by atoms with Gasteiger partial charge < -0.3 is 0 Å². The van der Waals surface area contributed by atoms with Crippen LogP contribution >= 0.6 is 0 Å². The van der Waals surface area contributed by atoms with Crippen LogP contribution in [0.5, 0.6) is 0 Å². The van der Waals surface area contributed by atoms with Crippen molar-refractivity contribution in [3.05, 3.63) is 217 Å². The van der Waals surface area contributed by atoms with Crippen LogP contribution in [0.2, 0.25) is 0 Å². The van der Waals surface area contributed by atoms with E-state index in [9.17, 15) is 0 Å². The molecule has 7 aromatic carbocycles. The summed E-state index contributed by atoms with van der Waals surface area (Å²) in [5.74, 6) is 0. The van der Waals surface area contributed by atoms with Gasteiger partial charge in [0.05, 0.1) is 5.41 Å². The molecule has 0 N–H and O–H groups in total. The van der Waals surface area contributed by atoms with Crippen LogP contribution in [0.1, 0.15) is 29.2 Å². The molecule has 0 radical (unpaired) electrons. The lowest BCUT2D eigenvalue weighted by Crippen LogP contribution is -2.27. The molecule has 0 aliphatic heterocycles. The van der Waals surface area contributed by atoms with E-state index in [1.807, 2.05) is 18.2 Å². The largest absolute Gasteiger partial charge is 0.0991 e. The SMILES string of the molecule is C=C/C=C1\C(=C/C)c2ccccc2C12C(C=C)=C(C=C)c1ccc(-c3cccc(-c4ccc5c6ccccc6c6ccccc6c5c4)c3)cc12. The fraction of sp³-hybridized carbons (Fsp3) is 0.0400. The molecule has 1 spiro atoms. The van der Waals surface area contributed by atoms with Gasteiger partial charge in [-0.3, -0.25) is 0 Å². The second-order valence-corrected chi connectivity index (χ2v) is 13.2. The zero-order valence-electron chi connectivity index (χ0n) is 28.2. The molecule has 236 valence electrons. The van der Waals surface area contributed by atoms with Gasteiger partial charge in [0.15, 0.2) is 0 Å². The normalized spacial score (nSPS) is 18.0. The maximum absolute atomic E-state index is 4.37. The molecule has 0 saturated carbocycles. The van der Waals surface area contributed by atoms with Crippen LogP contribution in [0.25, 0.3) is 65.7 Å². The summed E-state index contributed by atoms with van der Waals surface area (Å²) >= 11 is 0. The summed E-state index contributed by atoms with van der Waals surface area (Å²) in [5.41, 5.74) is 14.0. The zero-order valence-corrected chi connectivity index (χ0v) is 28.2. The molecule has 0 fully saturated rings. The quantitative estimate of drug-likeness (QED) is 0.165. The molecule has 50 heavy (non-hydrogen) atoms. The Morgan fingerprint density at radius 3 is 1.70 bits per heavy atom. The summed E-state index contributed by atoms with van der Waals surface area (Å²) in [7, 11) is 0. The Hall–Kier alpha value is -6.24. The van der Waals surface area contributed by atoms with E-state index in [1.165, 1.54) is 93.5 Å². The van der Waals surface area contributed by atoms with Crippen molar-refractivity contribution in [3.63, 3.8) is 0 Å². The number of hydrogen-bond donors (Lipinski definition) is 0. The number of allylic oxidation sites excluding steroid dienone is 9. The highest BCUT2D eigenvalue weighted by molar-refractivity contribution is 6.25. The van der Waals surface area contributed by atoms with E-state index in [1.54, 1.807) is 0 Å². The highest BCUT2D eigenvalue weighted by Crippen LogP contribution is 2.63. The average molecular weight is 637 g/mol. The van der Waals surface area contributed by atoms with Gasteiger partial charge in [-0.15, -0.1) is 0 Å². The summed E-state index contributed by atoms with van der Waals surface area (Å²) in [6, 6.07) is 49.2. The molecule has 1 atom stereocenters. The van der Waals surface area contributed by atoms with Gasteiger partial charge in [-0.25, -0.2) is 0 Å². The summed E-state index contributed by atoms with van der Waals surface area (Å²) in [5, 5.41) is 7.73. The first-order valence-electron chi connectivity index (χ1n) is 17.3. The Morgan fingerprint density at radius 1 is 0.480 bits per heavy atom. The molecule has 9 rings (SSSR count). The number of rotatable bonds is 5. The summed E-state index contributed by atoms with van der Waals surface area (Å²) < 4.78 is 0. The molecule has 0 saturated heterocycles. The van der Waals surface area contributed by atoms with Gasteiger partial charge in [-0.1, -0.05) is 165 Å². The predicted octanol–water partition coefficient (Wildman–Crippen LogP) is 13.4. The summed E-state index contributed by atoms with van der Waals surface area (Å²) in [6.45, 7) is 14.9. The first kappa shape index (κ1) is 29.9. The van der Waals surface area contributed by atoms with E-state index >= 15 is 0 Å². The van der Waals surface area contributed by atoms with Crippen molar-refractivity contribution < 1.29 is 0 Å². The van der Waals surface area contributed by atoms with Crippen LogP contribution in [0.15, 0.2) is 195 Å². The second-order valence-electron chi connectivity index (χ2n) is 13.2. The maximum Gasteiger partial charge on any atom is 0.0725 e. The number of hydrogen-bond acceptors (Lipinski definition) is 0. The lowest BCUT2D eigenvalue weighted by Gasteiger charge is -2.32. The van der Waals surface area contributed by atoms with Crippen LogP contribution in [0.4, 0.5) is 0 Å². The van der Waals surface area contributed by atoms with E-state index < -0.39 is 5.41 Å². The van der Waals surface area contributed by atoms with Crippen LogP contribution in [0.3, 0.4) is 0 Å². The van der Waals surface area contributed by atoms with Gasteiger partial charge in [0.2, 0.25) is 0 Å². The minimum absolute atomic E-state index is 0.511. The van der Waals surface area contributed by atoms with Gasteiger partial charge in [0, 0.05) is 0 Å². The maximum atomic E-state index is 4.37. The topological polar surface area (TPSA) is 0 Å². The smallest absolute Gasteiger partial charge is 0.0725 e. The number of benzene rings is 7. The predicted molar refractivity (Wildman–Crippen MR) is 216 cm³/mol. The molecular formula is C50H36. The van der Waals surface area contributed by atoms with E-state index in [2.05, 4.69) is 172 Å². The number of fused-ring (bicyclic) bond motifs is 10. The minimum atomic E-state index is -0.511. The van der Waals surface area contributed by atoms with Crippen LogP contribution in [-0.2, 0) is 5.41 Å². The molecular weight excluding hydrogens is 601 g/mol. The first-order chi connectivity index (χ1) is 24.6. The van der Waals surface area contributed by atoms with E-state index in [-0.39, 0.29) is 0 Å². The summed E-state index contributed by atoms with van der Waals surface area (Å²) in [6.07, 6.45) is 10.4. The van der Waals surface area contributed by atoms with E-state index in [0.717, 1.165) is 5.57 Å². The Bertz CT molecular complexity index is 2670. The van der Waals surface area contributed by atoms with Gasteiger partial charge in [0.25, 0.3) is 0 Å². The molecule has 0 aromatic heterocycles. The lowest BCUT2D eigenvalue weighted by molar-refractivity contribution is 0.788. The molecule has 0 amide bonds. The molecule has 7 aromatic rings. The van der Waals surface area contributed by atoms with Crippen molar-refractivity contribution in [3.8, 4) is 22.3 Å². The van der Waals surface area contributed by atoms with Crippen molar-refractivity contribution in [1.29, 1.82) is 0 Å². The van der Waals surface area contributed by atoms with Crippen molar-refractivity contribution in [2.75, 3.05) is 0 Å². The molecule has 0 heterocycles. The molecule has 2 aliphatic carbocycles. The van der Waals surface area contributed by atoms with Crippen molar-refractivity contribution >= 4 is 43.5 Å².